The fourth-order valence-corrected chi connectivity index (χ4v) is 3.44. The Bertz CT molecular complexity index is 1040. The first kappa shape index (κ1) is 20.3. The lowest BCUT2D eigenvalue weighted by atomic mass is 9.96. The van der Waals surface area contributed by atoms with Crippen LogP contribution in [-0.4, -0.2) is 57.9 Å². The molecule has 2 aromatic rings. The molecule has 0 fully saturated rings. The first-order valence-corrected chi connectivity index (χ1v) is 9.24. The average molecular weight is 397 g/mol. The molecule has 8 nitrogen and oxygen atoms in total. The highest BCUT2D eigenvalue weighted by molar-refractivity contribution is 5.89. The summed E-state index contributed by atoms with van der Waals surface area (Å²) in [5, 5.41) is 9.63. The van der Waals surface area contributed by atoms with Gasteiger partial charge in [-0.3, -0.25) is 19.0 Å². The first-order chi connectivity index (χ1) is 13.7. The van der Waals surface area contributed by atoms with Gasteiger partial charge in [0.25, 0.3) is 5.56 Å². The van der Waals surface area contributed by atoms with Crippen molar-refractivity contribution in [3.63, 3.8) is 0 Å². The van der Waals surface area contributed by atoms with E-state index in [2.05, 4.69) is 0 Å². The molecule has 0 unspecified atom stereocenters. The van der Waals surface area contributed by atoms with Gasteiger partial charge in [0.15, 0.2) is 0 Å². The molecule has 1 aliphatic rings. The van der Waals surface area contributed by atoms with Crippen LogP contribution in [0.3, 0.4) is 0 Å². The molecular weight excluding hydrogens is 374 g/mol. The highest BCUT2D eigenvalue weighted by Crippen LogP contribution is 2.22. The predicted molar refractivity (Wildman–Crippen MR) is 106 cm³/mol. The van der Waals surface area contributed by atoms with Gasteiger partial charge in [-0.05, 0) is 35.2 Å². The maximum Gasteiger partial charge on any atom is 0.341 e. The van der Waals surface area contributed by atoms with Gasteiger partial charge < -0.3 is 14.9 Å². The summed E-state index contributed by atoms with van der Waals surface area (Å²) in [4.78, 5) is 51.4. The largest absolute Gasteiger partial charge is 0.477 e. The van der Waals surface area contributed by atoms with Crippen LogP contribution in [0.5, 0.6) is 0 Å². The van der Waals surface area contributed by atoms with Crippen LogP contribution in [0.25, 0.3) is 5.69 Å². The molecule has 0 aliphatic carbocycles. The highest BCUT2D eigenvalue weighted by atomic mass is 16.4. The molecule has 0 bridgehead atoms. The number of fused-ring (bicyclic) bond motifs is 1. The van der Waals surface area contributed by atoms with Gasteiger partial charge in [-0.1, -0.05) is 12.1 Å². The number of carbonyl (C=O) groups is 3. The van der Waals surface area contributed by atoms with E-state index < -0.39 is 11.5 Å². The third-order valence-electron chi connectivity index (χ3n) is 5.13. The Morgan fingerprint density at radius 3 is 2.34 bits per heavy atom. The minimum Gasteiger partial charge on any atom is -0.477 e. The Hall–Kier alpha value is -3.42. The van der Waals surface area contributed by atoms with Crippen molar-refractivity contribution in [1.29, 1.82) is 0 Å². The summed E-state index contributed by atoms with van der Waals surface area (Å²) in [7, 11) is 3.36. The van der Waals surface area contributed by atoms with Crippen LogP contribution in [0.15, 0.2) is 35.3 Å². The molecule has 3 rings (SSSR count). The van der Waals surface area contributed by atoms with E-state index >= 15 is 0 Å². The molecule has 29 heavy (non-hydrogen) atoms. The maximum atomic E-state index is 12.9. The van der Waals surface area contributed by atoms with Gasteiger partial charge in [0.2, 0.25) is 11.8 Å². The van der Waals surface area contributed by atoms with Crippen LogP contribution in [0, 0.1) is 0 Å². The van der Waals surface area contributed by atoms with Crippen LogP contribution >= 0.6 is 0 Å². The van der Waals surface area contributed by atoms with Crippen molar-refractivity contribution in [2.75, 3.05) is 20.6 Å². The van der Waals surface area contributed by atoms with Gasteiger partial charge in [0.05, 0.1) is 6.42 Å². The second-order valence-corrected chi connectivity index (χ2v) is 7.31. The van der Waals surface area contributed by atoms with Crippen LogP contribution < -0.4 is 5.56 Å². The SMILES string of the molecule is CC(=O)N1CCc2c(cn(-c3ccc(CC(=O)N(C)C)cc3)c(=O)c2C(=O)O)C1. The van der Waals surface area contributed by atoms with E-state index in [1.54, 1.807) is 49.5 Å². The van der Waals surface area contributed by atoms with Crippen molar-refractivity contribution < 1.29 is 19.5 Å². The molecule has 8 heteroatoms. The predicted octanol–water partition coefficient (Wildman–Crippen LogP) is 1.07. The standard InChI is InChI=1S/C21H23N3O5/c1-13(25)23-9-8-17-15(11-23)12-24(20(27)19(17)21(28)29)16-6-4-14(5-7-16)10-18(26)22(2)3/h4-7,12H,8-11H2,1-3H3,(H,28,29). The number of hydrogen-bond donors (Lipinski definition) is 1. The smallest absolute Gasteiger partial charge is 0.341 e. The summed E-state index contributed by atoms with van der Waals surface area (Å²) in [6, 6.07) is 6.85. The number of benzene rings is 1. The summed E-state index contributed by atoms with van der Waals surface area (Å²) in [5.41, 5.74) is 1.57. The normalized spacial score (nSPS) is 13.0. The van der Waals surface area contributed by atoms with Crippen molar-refractivity contribution >= 4 is 17.8 Å². The monoisotopic (exact) mass is 397 g/mol. The Kier molecular flexibility index (Phi) is 5.54. The van der Waals surface area contributed by atoms with Crippen molar-refractivity contribution in [2.45, 2.75) is 26.3 Å². The van der Waals surface area contributed by atoms with Crippen LogP contribution in [0.1, 0.15) is 34.0 Å². The number of hydrogen-bond acceptors (Lipinski definition) is 4. The summed E-state index contributed by atoms with van der Waals surface area (Å²) >= 11 is 0. The molecule has 1 aromatic carbocycles. The quantitative estimate of drug-likeness (QED) is 0.832. The van der Waals surface area contributed by atoms with Crippen LogP contribution in [0.4, 0.5) is 0 Å². The number of rotatable bonds is 4. The minimum atomic E-state index is -1.27. The molecule has 0 saturated heterocycles. The van der Waals surface area contributed by atoms with Crippen LogP contribution in [0.2, 0.25) is 0 Å². The van der Waals surface area contributed by atoms with Crippen molar-refractivity contribution in [3.8, 4) is 5.69 Å². The molecule has 0 spiro atoms. The van der Waals surface area contributed by atoms with Gasteiger partial charge in [0.1, 0.15) is 5.56 Å². The number of carbonyl (C=O) groups excluding carboxylic acids is 2. The number of likely N-dealkylation sites (N-methyl/N-ethyl adjacent to an activating group) is 1. The Balaban J connectivity index is 2.04. The lowest BCUT2D eigenvalue weighted by Gasteiger charge is -2.29. The number of pyridine rings is 1. The molecule has 0 saturated carbocycles. The van der Waals surface area contributed by atoms with Gasteiger partial charge in [-0.2, -0.15) is 0 Å². The number of aromatic nitrogens is 1. The third-order valence-corrected chi connectivity index (χ3v) is 5.13. The highest BCUT2D eigenvalue weighted by Gasteiger charge is 2.27. The zero-order valence-electron chi connectivity index (χ0n) is 16.6. The lowest BCUT2D eigenvalue weighted by Crippen LogP contribution is -2.38. The van der Waals surface area contributed by atoms with Crippen molar-refractivity contribution in [3.05, 3.63) is 63.1 Å². The number of aromatic carboxylic acids is 1. The Labute approximate surface area is 168 Å². The summed E-state index contributed by atoms with van der Waals surface area (Å²) in [6.07, 6.45) is 2.18. The van der Waals surface area contributed by atoms with Crippen molar-refractivity contribution in [1.82, 2.24) is 14.4 Å². The van der Waals surface area contributed by atoms with Gasteiger partial charge in [-0.25, -0.2) is 4.79 Å². The summed E-state index contributed by atoms with van der Waals surface area (Å²) in [6.45, 7) is 2.12. The second kappa shape index (κ2) is 7.90. The molecule has 2 amide bonds. The molecule has 152 valence electrons. The van der Waals surface area contributed by atoms with Gasteiger partial charge in [-0.15, -0.1) is 0 Å². The summed E-state index contributed by atoms with van der Waals surface area (Å²) < 4.78 is 1.30. The van der Waals surface area contributed by atoms with Gasteiger partial charge in [0, 0.05) is 46.0 Å². The van der Waals surface area contributed by atoms with E-state index in [0.29, 0.717) is 29.8 Å². The number of carboxylic acid groups (broad SMARTS) is 1. The van der Waals surface area contributed by atoms with E-state index in [1.807, 2.05) is 0 Å². The topological polar surface area (TPSA) is 99.9 Å². The third kappa shape index (κ3) is 4.06. The molecular formula is C21H23N3O5. The Morgan fingerprint density at radius 1 is 1.14 bits per heavy atom. The molecule has 0 radical (unpaired) electrons. The Morgan fingerprint density at radius 2 is 1.79 bits per heavy atom. The zero-order valence-corrected chi connectivity index (χ0v) is 16.6. The fraction of sp³-hybridized carbons (Fsp3) is 0.333. The molecule has 2 heterocycles. The van der Waals surface area contributed by atoms with Crippen LogP contribution in [-0.2, 0) is 29.0 Å². The lowest BCUT2D eigenvalue weighted by molar-refractivity contribution is -0.130. The minimum absolute atomic E-state index is 0.0406. The van der Waals surface area contributed by atoms with Gasteiger partial charge >= 0.3 is 5.97 Å². The molecule has 1 N–H and O–H groups in total. The van der Waals surface area contributed by atoms with Crippen molar-refractivity contribution in [2.24, 2.45) is 0 Å². The number of amides is 2. The van der Waals surface area contributed by atoms with E-state index in [9.17, 15) is 24.3 Å². The summed E-state index contributed by atoms with van der Waals surface area (Å²) in [5.74, 6) is -1.41. The number of nitrogens with zero attached hydrogens (tertiary/aromatic N) is 3. The second-order valence-electron chi connectivity index (χ2n) is 7.31. The van der Waals surface area contributed by atoms with E-state index in [-0.39, 0.29) is 30.3 Å². The van der Waals surface area contributed by atoms with E-state index in [4.69, 9.17) is 0 Å². The average Bonchev–Trinajstić information content (AvgIpc) is 2.67. The molecule has 0 atom stereocenters. The fourth-order valence-electron chi connectivity index (χ4n) is 3.44. The zero-order chi connectivity index (χ0) is 21.3. The van der Waals surface area contributed by atoms with E-state index in [0.717, 1.165) is 5.56 Å². The molecule has 1 aliphatic heterocycles. The molecule has 1 aromatic heterocycles. The maximum absolute atomic E-state index is 12.9. The first-order valence-electron chi connectivity index (χ1n) is 9.24. The number of carboxylic acids is 1. The van der Waals surface area contributed by atoms with E-state index in [1.165, 1.54) is 16.4 Å².